The number of nitriles is 1. The first-order chi connectivity index (χ1) is 5.64. The van der Waals surface area contributed by atoms with E-state index < -0.39 is 0 Å². The molecule has 1 heterocycles. The fourth-order valence-corrected chi connectivity index (χ4v) is 1.59. The highest BCUT2D eigenvalue weighted by atomic mass is 15.1. The smallest absolute Gasteiger partial charge is 0.0635 e. The molecule has 2 heteroatoms. The van der Waals surface area contributed by atoms with Crippen molar-refractivity contribution >= 4 is 0 Å². The van der Waals surface area contributed by atoms with Crippen LogP contribution in [0.25, 0.3) is 0 Å². The summed E-state index contributed by atoms with van der Waals surface area (Å²) in [6.45, 7) is 7.97. The molecule has 0 atom stereocenters. The lowest BCUT2D eigenvalue weighted by molar-refractivity contribution is 0.135. The summed E-state index contributed by atoms with van der Waals surface area (Å²) in [6.07, 6.45) is 3.23. The highest BCUT2D eigenvalue weighted by Gasteiger charge is 2.24. The average Bonchev–Trinajstić information content (AvgIpc) is 2.03. The lowest BCUT2D eigenvalue weighted by atomic mass is 9.83. The molecule has 0 aromatic carbocycles. The van der Waals surface area contributed by atoms with Gasteiger partial charge in [0.05, 0.1) is 6.07 Å². The van der Waals surface area contributed by atoms with Crippen LogP contribution in [0.2, 0.25) is 0 Å². The second-order valence-corrected chi connectivity index (χ2v) is 4.41. The molecule has 2 nitrogen and oxygen atoms in total. The number of nitrogens with zero attached hydrogens (tertiary/aromatic N) is 2. The van der Waals surface area contributed by atoms with E-state index in [4.69, 9.17) is 5.26 Å². The van der Waals surface area contributed by atoms with Crippen LogP contribution in [-0.2, 0) is 0 Å². The first-order valence-corrected chi connectivity index (χ1v) is 4.73. The third kappa shape index (κ3) is 2.83. The zero-order valence-corrected chi connectivity index (χ0v) is 8.14. The van der Waals surface area contributed by atoms with Crippen LogP contribution < -0.4 is 0 Å². The number of hydrogen-bond acceptors (Lipinski definition) is 2. The maximum Gasteiger partial charge on any atom is 0.0635 e. The van der Waals surface area contributed by atoms with Crippen molar-refractivity contribution < 1.29 is 0 Å². The number of piperidine rings is 1. The Hall–Kier alpha value is -0.550. The quantitative estimate of drug-likeness (QED) is 0.627. The van der Waals surface area contributed by atoms with Crippen LogP contribution in [0.1, 0.15) is 33.1 Å². The van der Waals surface area contributed by atoms with Gasteiger partial charge in [-0.2, -0.15) is 5.26 Å². The highest BCUT2D eigenvalue weighted by Crippen LogP contribution is 2.29. The molecule has 0 aromatic rings. The van der Waals surface area contributed by atoms with Gasteiger partial charge in [-0.25, -0.2) is 0 Å². The summed E-state index contributed by atoms with van der Waals surface area (Å²) in [6, 6.07) is 2.19. The molecule has 0 saturated carbocycles. The molecule has 0 bridgehead atoms. The minimum absolute atomic E-state index is 0.531. The van der Waals surface area contributed by atoms with Gasteiger partial charge in [0.1, 0.15) is 0 Å². The Kier molecular flexibility index (Phi) is 3.11. The Labute approximate surface area is 75.2 Å². The Morgan fingerprint density at radius 3 is 2.42 bits per heavy atom. The summed E-state index contributed by atoms with van der Waals surface area (Å²) in [7, 11) is 0. The van der Waals surface area contributed by atoms with Crippen LogP contribution in [0.15, 0.2) is 0 Å². The topological polar surface area (TPSA) is 27.0 Å². The van der Waals surface area contributed by atoms with Crippen LogP contribution in [0.3, 0.4) is 0 Å². The van der Waals surface area contributed by atoms with E-state index >= 15 is 0 Å². The van der Waals surface area contributed by atoms with E-state index in [1.165, 1.54) is 25.9 Å². The molecule has 1 rings (SSSR count). The average molecular weight is 166 g/mol. The molecule has 1 saturated heterocycles. The van der Waals surface area contributed by atoms with Crippen molar-refractivity contribution in [3.05, 3.63) is 0 Å². The third-order valence-electron chi connectivity index (χ3n) is 2.75. The highest BCUT2D eigenvalue weighted by molar-refractivity contribution is 4.80. The SMILES string of the molecule is CC1(C)CCN(CCC#N)CC1. The number of hydrogen-bond donors (Lipinski definition) is 0. The molecule has 1 aliphatic rings. The molecule has 0 spiro atoms. The lowest BCUT2D eigenvalue weighted by Gasteiger charge is -2.36. The normalized spacial score (nSPS) is 23.4. The van der Waals surface area contributed by atoms with E-state index in [2.05, 4.69) is 24.8 Å². The number of rotatable bonds is 2. The molecular formula is C10H18N2. The van der Waals surface area contributed by atoms with Crippen molar-refractivity contribution in [2.75, 3.05) is 19.6 Å². The van der Waals surface area contributed by atoms with Crippen molar-refractivity contribution in [1.29, 1.82) is 5.26 Å². The van der Waals surface area contributed by atoms with Crippen molar-refractivity contribution in [1.82, 2.24) is 4.90 Å². The van der Waals surface area contributed by atoms with E-state index in [1.807, 2.05) is 0 Å². The monoisotopic (exact) mass is 166 g/mol. The fraction of sp³-hybridized carbons (Fsp3) is 0.900. The second-order valence-electron chi connectivity index (χ2n) is 4.41. The summed E-state index contributed by atoms with van der Waals surface area (Å²) in [5, 5.41) is 8.42. The van der Waals surface area contributed by atoms with Gasteiger partial charge in [0.25, 0.3) is 0 Å². The maximum atomic E-state index is 8.42. The van der Waals surface area contributed by atoms with Crippen LogP contribution in [0.5, 0.6) is 0 Å². The molecule has 0 aromatic heterocycles. The first-order valence-electron chi connectivity index (χ1n) is 4.73. The largest absolute Gasteiger partial charge is 0.302 e. The Morgan fingerprint density at radius 2 is 1.92 bits per heavy atom. The van der Waals surface area contributed by atoms with E-state index in [9.17, 15) is 0 Å². The molecule has 0 N–H and O–H groups in total. The predicted molar refractivity (Wildman–Crippen MR) is 49.7 cm³/mol. The zero-order chi connectivity index (χ0) is 9.03. The molecule has 68 valence electrons. The molecule has 1 aliphatic heterocycles. The van der Waals surface area contributed by atoms with Gasteiger partial charge in [-0.05, 0) is 31.3 Å². The van der Waals surface area contributed by atoms with Gasteiger partial charge in [-0.3, -0.25) is 0 Å². The molecule has 0 aliphatic carbocycles. The maximum absolute atomic E-state index is 8.42. The van der Waals surface area contributed by atoms with E-state index in [1.54, 1.807) is 0 Å². The molecule has 0 radical (unpaired) electrons. The van der Waals surface area contributed by atoms with Gasteiger partial charge < -0.3 is 4.90 Å². The van der Waals surface area contributed by atoms with Crippen LogP contribution in [0, 0.1) is 16.7 Å². The summed E-state index contributed by atoms with van der Waals surface area (Å²) in [5.41, 5.74) is 0.531. The van der Waals surface area contributed by atoms with Crippen molar-refractivity contribution in [2.24, 2.45) is 5.41 Å². The van der Waals surface area contributed by atoms with E-state index in [0.717, 1.165) is 6.54 Å². The molecule has 12 heavy (non-hydrogen) atoms. The minimum atomic E-state index is 0.531. The van der Waals surface area contributed by atoms with Gasteiger partial charge >= 0.3 is 0 Å². The predicted octanol–water partition coefficient (Wildman–Crippen LogP) is 2.02. The standard InChI is InChI=1S/C10H18N2/c1-10(2)4-8-12(9-5-10)7-3-6-11/h3-5,7-9H2,1-2H3. The Bertz CT molecular complexity index is 169. The van der Waals surface area contributed by atoms with Gasteiger partial charge in [-0.1, -0.05) is 13.8 Å². The number of likely N-dealkylation sites (tertiary alicyclic amines) is 1. The summed E-state index contributed by atoms with van der Waals surface area (Å²) in [4.78, 5) is 2.40. The third-order valence-corrected chi connectivity index (χ3v) is 2.75. The Balaban J connectivity index is 2.23. The molecule has 1 fully saturated rings. The van der Waals surface area contributed by atoms with Crippen molar-refractivity contribution in [3.8, 4) is 6.07 Å². The van der Waals surface area contributed by atoms with E-state index in [-0.39, 0.29) is 0 Å². The second kappa shape index (κ2) is 3.91. The Morgan fingerprint density at radius 1 is 1.33 bits per heavy atom. The summed E-state index contributed by atoms with van der Waals surface area (Å²) < 4.78 is 0. The molecule has 0 unspecified atom stereocenters. The van der Waals surface area contributed by atoms with E-state index in [0.29, 0.717) is 11.8 Å². The zero-order valence-electron chi connectivity index (χ0n) is 8.14. The summed E-state index contributed by atoms with van der Waals surface area (Å²) in [5.74, 6) is 0. The molecular weight excluding hydrogens is 148 g/mol. The fourth-order valence-electron chi connectivity index (χ4n) is 1.59. The van der Waals surface area contributed by atoms with Crippen LogP contribution >= 0.6 is 0 Å². The van der Waals surface area contributed by atoms with Gasteiger partial charge in [-0.15, -0.1) is 0 Å². The van der Waals surface area contributed by atoms with Crippen molar-refractivity contribution in [3.63, 3.8) is 0 Å². The van der Waals surface area contributed by atoms with Gasteiger partial charge in [0.15, 0.2) is 0 Å². The van der Waals surface area contributed by atoms with Crippen LogP contribution in [0.4, 0.5) is 0 Å². The molecule has 0 amide bonds. The lowest BCUT2D eigenvalue weighted by Crippen LogP contribution is -2.37. The summed E-state index contributed by atoms with van der Waals surface area (Å²) >= 11 is 0. The van der Waals surface area contributed by atoms with Crippen LogP contribution in [-0.4, -0.2) is 24.5 Å². The first kappa shape index (κ1) is 9.54. The van der Waals surface area contributed by atoms with Gasteiger partial charge in [0.2, 0.25) is 0 Å². The van der Waals surface area contributed by atoms with Crippen molar-refractivity contribution in [2.45, 2.75) is 33.1 Å². The minimum Gasteiger partial charge on any atom is -0.302 e. The van der Waals surface area contributed by atoms with Gasteiger partial charge in [0, 0.05) is 13.0 Å².